The number of carbonyl (C=O) groups is 1. The minimum atomic E-state index is -2.56. The van der Waals surface area contributed by atoms with Crippen molar-refractivity contribution in [2.45, 2.75) is 19.4 Å². The van der Waals surface area contributed by atoms with E-state index in [4.69, 9.17) is 0 Å². The molecule has 0 aromatic rings. The Bertz CT molecular complexity index is 232. The number of carbonyl (C=O) groups excluding carboxylic acids is 1. The fourth-order valence-electron chi connectivity index (χ4n) is 0.616. The Morgan fingerprint density at radius 3 is 2.57 bits per heavy atom. The van der Waals surface area contributed by atoms with Gasteiger partial charge in [-0.3, -0.25) is 8.98 Å². The van der Waals surface area contributed by atoms with E-state index in [1.54, 1.807) is 13.8 Å². The van der Waals surface area contributed by atoms with E-state index in [1.165, 1.54) is 0 Å². The standard InChI is InChI=1S/C7H13NO4S.Na/c1-4-6(9)8-7(2,3)5-12-13(10)11;/h4H,1,5H2,2-3H3,(H,8,9)(H,10,11);/q;+1/p-1. The van der Waals surface area contributed by atoms with E-state index >= 15 is 0 Å². The van der Waals surface area contributed by atoms with Crippen LogP contribution >= 0.6 is 0 Å². The summed E-state index contributed by atoms with van der Waals surface area (Å²) in [6.07, 6.45) is 1.11. The average molecular weight is 229 g/mol. The number of rotatable bonds is 5. The molecule has 0 heterocycles. The molecular formula is C7H12NNaO4S. The van der Waals surface area contributed by atoms with Gasteiger partial charge < -0.3 is 9.87 Å². The maximum Gasteiger partial charge on any atom is 1.00 e. The topological polar surface area (TPSA) is 78.5 Å². The van der Waals surface area contributed by atoms with Crippen molar-refractivity contribution in [3.05, 3.63) is 12.7 Å². The smallest absolute Gasteiger partial charge is 0.750 e. The summed E-state index contributed by atoms with van der Waals surface area (Å²) in [4.78, 5) is 10.8. The van der Waals surface area contributed by atoms with Crippen molar-refractivity contribution < 1.29 is 47.3 Å². The van der Waals surface area contributed by atoms with Gasteiger partial charge in [0.15, 0.2) is 0 Å². The quantitative estimate of drug-likeness (QED) is 0.307. The van der Waals surface area contributed by atoms with Crippen LogP contribution in [0, 0.1) is 0 Å². The van der Waals surface area contributed by atoms with Gasteiger partial charge in [-0.1, -0.05) is 6.58 Å². The molecule has 0 radical (unpaired) electrons. The predicted octanol–water partition coefficient (Wildman–Crippen LogP) is -3.12. The second-order valence-electron chi connectivity index (χ2n) is 3.04. The molecule has 14 heavy (non-hydrogen) atoms. The van der Waals surface area contributed by atoms with E-state index in [2.05, 4.69) is 16.1 Å². The van der Waals surface area contributed by atoms with Crippen molar-refractivity contribution in [1.29, 1.82) is 0 Å². The summed E-state index contributed by atoms with van der Waals surface area (Å²) in [7, 11) is 0. The largest absolute Gasteiger partial charge is 1.00 e. The monoisotopic (exact) mass is 229 g/mol. The van der Waals surface area contributed by atoms with Crippen LogP contribution in [0.4, 0.5) is 0 Å². The third kappa shape index (κ3) is 8.86. The second-order valence-corrected chi connectivity index (χ2v) is 3.69. The van der Waals surface area contributed by atoms with Crippen LogP contribution in [0.2, 0.25) is 0 Å². The van der Waals surface area contributed by atoms with Crippen molar-refractivity contribution in [2.24, 2.45) is 0 Å². The molecule has 1 atom stereocenters. The molecular weight excluding hydrogens is 217 g/mol. The molecule has 1 amide bonds. The molecule has 0 rings (SSSR count). The molecule has 7 heteroatoms. The third-order valence-corrected chi connectivity index (χ3v) is 1.47. The maximum atomic E-state index is 10.8. The van der Waals surface area contributed by atoms with Crippen LogP contribution in [0.3, 0.4) is 0 Å². The van der Waals surface area contributed by atoms with Gasteiger partial charge in [-0.25, -0.2) is 4.21 Å². The first-order valence-corrected chi connectivity index (χ1v) is 4.54. The average Bonchev–Trinajstić information content (AvgIpc) is 2.00. The van der Waals surface area contributed by atoms with Crippen LogP contribution in [0.5, 0.6) is 0 Å². The fraction of sp³-hybridized carbons (Fsp3) is 0.571. The van der Waals surface area contributed by atoms with Crippen LogP contribution < -0.4 is 34.9 Å². The summed E-state index contributed by atoms with van der Waals surface area (Å²) in [6, 6.07) is 0. The van der Waals surface area contributed by atoms with Gasteiger partial charge in [-0.05, 0) is 19.9 Å². The molecule has 76 valence electrons. The molecule has 0 aromatic carbocycles. The van der Waals surface area contributed by atoms with Gasteiger partial charge in [0.1, 0.15) is 0 Å². The third-order valence-electron chi connectivity index (χ3n) is 1.16. The van der Waals surface area contributed by atoms with E-state index in [1.807, 2.05) is 0 Å². The molecule has 5 nitrogen and oxygen atoms in total. The zero-order valence-corrected chi connectivity index (χ0v) is 11.3. The summed E-state index contributed by atoms with van der Waals surface area (Å²) in [5.74, 6) is -0.370. The number of hydrogen-bond donors (Lipinski definition) is 1. The van der Waals surface area contributed by atoms with E-state index in [9.17, 15) is 13.6 Å². The molecule has 0 fully saturated rings. The van der Waals surface area contributed by atoms with Crippen LogP contribution in [-0.4, -0.2) is 26.8 Å². The first-order valence-electron chi connectivity index (χ1n) is 3.54. The van der Waals surface area contributed by atoms with Crippen LogP contribution in [-0.2, 0) is 20.3 Å². The van der Waals surface area contributed by atoms with Gasteiger partial charge >= 0.3 is 29.6 Å². The maximum absolute atomic E-state index is 10.8. The van der Waals surface area contributed by atoms with Gasteiger partial charge in [0, 0.05) is 0 Å². The fourth-order valence-corrected chi connectivity index (χ4v) is 1.01. The predicted molar refractivity (Wildman–Crippen MR) is 47.3 cm³/mol. The minimum absolute atomic E-state index is 0. The Balaban J connectivity index is 0. The molecule has 0 bridgehead atoms. The second kappa shape index (κ2) is 7.56. The first-order chi connectivity index (χ1) is 5.87. The first kappa shape index (κ1) is 16.7. The van der Waals surface area contributed by atoms with Crippen molar-refractivity contribution >= 4 is 17.3 Å². The molecule has 0 aliphatic rings. The van der Waals surface area contributed by atoms with Crippen molar-refractivity contribution in [3.63, 3.8) is 0 Å². The Labute approximate surface area is 108 Å². The van der Waals surface area contributed by atoms with Crippen molar-refractivity contribution in [2.75, 3.05) is 6.61 Å². The molecule has 0 aliphatic carbocycles. The van der Waals surface area contributed by atoms with Crippen LogP contribution in [0.25, 0.3) is 0 Å². The van der Waals surface area contributed by atoms with Gasteiger partial charge in [-0.2, -0.15) is 0 Å². The zero-order chi connectivity index (χ0) is 10.5. The SMILES string of the molecule is C=CC(=O)NC(C)(C)COS(=O)[O-].[Na+]. The number of hydrogen-bond acceptors (Lipinski definition) is 4. The molecule has 0 aromatic heterocycles. The van der Waals surface area contributed by atoms with Crippen LogP contribution in [0.15, 0.2) is 12.7 Å². The van der Waals surface area contributed by atoms with Gasteiger partial charge in [0.2, 0.25) is 5.91 Å². The Hall–Kier alpha value is 0.280. The van der Waals surface area contributed by atoms with Crippen LogP contribution in [0.1, 0.15) is 13.8 Å². The molecule has 0 saturated heterocycles. The molecule has 1 unspecified atom stereocenters. The summed E-state index contributed by atoms with van der Waals surface area (Å²) in [6.45, 7) is 6.44. The number of amides is 1. The van der Waals surface area contributed by atoms with E-state index in [0.29, 0.717) is 0 Å². The normalized spacial score (nSPS) is 12.5. The molecule has 1 N–H and O–H groups in total. The summed E-state index contributed by atoms with van der Waals surface area (Å²) < 4.78 is 24.4. The Kier molecular flexibility index (Phi) is 9.01. The molecule has 0 saturated carbocycles. The number of nitrogens with one attached hydrogen (secondary N) is 1. The summed E-state index contributed by atoms with van der Waals surface area (Å²) >= 11 is -2.56. The minimum Gasteiger partial charge on any atom is -0.750 e. The van der Waals surface area contributed by atoms with Gasteiger partial charge in [-0.15, -0.1) is 0 Å². The van der Waals surface area contributed by atoms with Gasteiger partial charge in [0.25, 0.3) is 0 Å². The van der Waals surface area contributed by atoms with Crippen molar-refractivity contribution in [1.82, 2.24) is 5.32 Å². The Morgan fingerprint density at radius 1 is 1.71 bits per heavy atom. The van der Waals surface area contributed by atoms with E-state index in [0.717, 1.165) is 6.08 Å². The van der Waals surface area contributed by atoms with Gasteiger partial charge in [0.05, 0.1) is 23.5 Å². The van der Waals surface area contributed by atoms with Crippen molar-refractivity contribution in [3.8, 4) is 0 Å². The summed E-state index contributed by atoms with van der Waals surface area (Å²) in [5, 5.41) is 2.51. The molecule has 0 aliphatic heterocycles. The summed E-state index contributed by atoms with van der Waals surface area (Å²) in [5.41, 5.74) is -0.731. The van der Waals surface area contributed by atoms with E-state index in [-0.39, 0.29) is 42.1 Å². The van der Waals surface area contributed by atoms with E-state index < -0.39 is 16.9 Å². The zero-order valence-electron chi connectivity index (χ0n) is 8.53. The Morgan fingerprint density at radius 2 is 2.21 bits per heavy atom. The molecule has 0 spiro atoms.